The molecule has 19 heavy (non-hydrogen) atoms. The number of benzene rings is 1. The van der Waals surface area contributed by atoms with E-state index in [1.54, 1.807) is 0 Å². The van der Waals surface area contributed by atoms with Crippen LogP contribution in [0.5, 0.6) is 0 Å². The second-order valence-electron chi connectivity index (χ2n) is 3.35. The number of halogens is 4. The summed E-state index contributed by atoms with van der Waals surface area (Å²) in [4.78, 5) is 11.1. The van der Waals surface area contributed by atoms with Crippen LogP contribution in [0.15, 0.2) is 21.5 Å². The number of thioether (sulfide) groups is 1. The second kappa shape index (κ2) is 6.30. The van der Waals surface area contributed by atoms with Gasteiger partial charge in [0.15, 0.2) is 0 Å². The lowest BCUT2D eigenvalue weighted by atomic mass is 10.1. The largest absolute Gasteiger partial charge is 0.469 e. The van der Waals surface area contributed by atoms with E-state index < -0.39 is 11.5 Å². The Balaban J connectivity index is 3.19. The molecular weight excluding hydrogens is 347 g/mol. The van der Waals surface area contributed by atoms with Crippen LogP contribution < -0.4 is 0 Å². The summed E-state index contributed by atoms with van der Waals surface area (Å²) >= 11 is 2.71. The lowest BCUT2D eigenvalue weighted by molar-refractivity contribution is -0.139. The van der Waals surface area contributed by atoms with Crippen LogP contribution in [-0.4, -0.2) is 18.6 Å². The number of methoxy groups -OCH3 is 1. The van der Waals surface area contributed by atoms with Crippen molar-refractivity contribution in [1.82, 2.24) is 0 Å². The molecule has 0 aliphatic heterocycles. The SMILES string of the molecule is COC(=O)Cc1cc(SC(F)(F)F)cc(Br)c1C#N. The van der Waals surface area contributed by atoms with Gasteiger partial charge in [-0.15, -0.1) is 0 Å². The van der Waals surface area contributed by atoms with Gasteiger partial charge in [-0.1, -0.05) is 0 Å². The Bertz CT molecular complexity index is 540. The molecule has 8 heteroatoms. The highest BCUT2D eigenvalue weighted by molar-refractivity contribution is 9.10. The molecule has 0 aromatic heterocycles. The summed E-state index contributed by atoms with van der Waals surface area (Å²) in [5, 5.41) is 8.95. The van der Waals surface area contributed by atoms with Crippen molar-refractivity contribution in [1.29, 1.82) is 5.26 Å². The van der Waals surface area contributed by atoms with Crippen molar-refractivity contribution >= 4 is 33.7 Å². The van der Waals surface area contributed by atoms with Gasteiger partial charge in [0, 0.05) is 9.37 Å². The van der Waals surface area contributed by atoms with Gasteiger partial charge in [0.2, 0.25) is 0 Å². The van der Waals surface area contributed by atoms with E-state index in [1.165, 1.54) is 12.1 Å². The standard InChI is InChI=1S/C11H7BrF3NO2S/c1-18-10(17)3-6-2-7(19-11(13,14)15)4-9(12)8(6)5-16/h2,4H,3H2,1H3. The molecule has 0 amide bonds. The Labute approximate surface area is 119 Å². The second-order valence-corrected chi connectivity index (χ2v) is 5.34. The summed E-state index contributed by atoms with van der Waals surface area (Å²) in [5.41, 5.74) is -4.12. The van der Waals surface area contributed by atoms with E-state index in [1.807, 2.05) is 6.07 Å². The highest BCUT2D eigenvalue weighted by Crippen LogP contribution is 2.39. The van der Waals surface area contributed by atoms with Crippen LogP contribution in [0, 0.1) is 11.3 Å². The Morgan fingerprint density at radius 2 is 2.16 bits per heavy atom. The van der Waals surface area contributed by atoms with Crippen LogP contribution in [0.4, 0.5) is 13.2 Å². The number of nitrogens with zero attached hydrogens (tertiary/aromatic N) is 1. The molecule has 1 aromatic rings. The van der Waals surface area contributed by atoms with E-state index in [4.69, 9.17) is 5.26 Å². The monoisotopic (exact) mass is 353 g/mol. The van der Waals surface area contributed by atoms with Crippen molar-refractivity contribution in [3.8, 4) is 6.07 Å². The predicted octanol–water partition coefficient (Wildman–Crippen LogP) is 3.65. The number of ether oxygens (including phenoxy) is 1. The van der Waals surface area contributed by atoms with Crippen molar-refractivity contribution in [2.75, 3.05) is 7.11 Å². The molecule has 0 saturated heterocycles. The van der Waals surface area contributed by atoms with Gasteiger partial charge in [-0.25, -0.2) is 0 Å². The average Bonchev–Trinajstić information content (AvgIpc) is 2.26. The van der Waals surface area contributed by atoms with E-state index in [0.717, 1.165) is 7.11 Å². The fourth-order valence-electron chi connectivity index (χ4n) is 1.32. The first-order valence-corrected chi connectivity index (χ1v) is 6.43. The predicted molar refractivity (Wildman–Crippen MR) is 66.5 cm³/mol. The summed E-state index contributed by atoms with van der Waals surface area (Å²) < 4.78 is 41.6. The van der Waals surface area contributed by atoms with Crippen molar-refractivity contribution in [2.24, 2.45) is 0 Å². The summed E-state index contributed by atoms with van der Waals surface area (Å²) in [6.07, 6.45) is -0.260. The fraction of sp³-hybridized carbons (Fsp3) is 0.273. The fourth-order valence-corrected chi connectivity index (χ4v) is 2.71. The smallest absolute Gasteiger partial charge is 0.446 e. The third-order valence-electron chi connectivity index (χ3n) is 2.05. The van der Waals surface area contributed by atoms with Gasteiger partial charge in [0.25, 0.3) is 0 Å². The quantitative estimate of drug-likeness (QED) is 0.614. The number of carbonyl (C=O) groups excluding carboxylic acids is 1. The molecule has 1 rings (SSSR count). The van der Waals surface area contributed by atoms with E-state index in [2.05, 4.69) is 20.7 Å². The first-order valence-electron chi connectivity index (χ1n) is 4.82. The van der Waals surface area contributed by atoms with Crippen LogP contribution >= 0.6 is 27.7 Å². The maximum Gasteiger partial charge on any atom is 0.446 e. The molecule has 0 heterocycles. The average molecular weight is 354 g/mol. The zero-order chi connectivity index (χ0) is 14.6. The first-order chi connectivity index (χ1) is 8.76. The van der Waals surface area contributed by atoms with E-state index in [0.29, 0.717) is 0 Å². The molecule has 0 aliphatic rings. The molecule has 0 bridgehead atoms. The molecule has 0 spiro atoms. The molecule has 0 atom stereocenters. The van der Waals surface area contributed by atoms with Crippen molar-refractivity contribution in [3.05, 3.63) is 27.7 Å². The molecule has 102 valence electrons. The highest BCUT2D eigenvalue weighted by Gasteiger charge is 2.30. The normalized spacial score (nSPS) is 10.9. The summed E-state index contributed by atoms with van der Waals surface area (Å²) in [7, 11) is 1.16. The number of nitriles is 1. The molecule has 0 aliphatic carbocycles. The lowest BCUT2D eigenvalue weighted by Gasteiger charge is -2.10. The van der Waals surface area contributed by atoms with E-state index in [9.17, 15) is 18.0 Å². The van der Waals surface area contributed by atoms with Gasteiger partial charge in [-0.3, -0.25) is 4.79 Å². The minimum absolute atomic E-state index is 0.0997. The highest BCUT2D eigenvalue weighted by atomic mass is 79.9. The van der Waals surface area contributed by atoms with Gasteiger partial charge in [0.1, 0.15) is 6.07 Å². The molecule has 0 unspecified atom stereocenters. The number of rotatable bonds is 3. The van der Waals surface area contributed by atoms with E-state index >= 15 is 0 Å². The van der Waals surface area contributed by atoms with Crippen LogP contribution in [0.2, 0.25) is 0 Å². The molecule has 3 nitrogen and oxygen atoms in total. The number of hydrogen-bond acceptors (Lipinski definition) is 4. The number of hydrogen-bond donors (Lipinski definition) is 0. The first kappa shape index (κ1) is 15.9. The zero-order valence-electron chi connectivity index (χ0n) is 9.55. The summed E-state index contributed by atoms with van der Waals surface area (Å²) in [5.74, 6) is -0.627. The lowest BCUT2D eigenvalue weighted by Crippen LogP contribution is -2.07. The Kier molecular flexibility index (Phi) is 5.26. The van der Waals surface area contributed by atoms with Gasteiger partial charge >= 0.3 is 11.5 Å². The van der Waals surface area contributed by atoms with Gasteiger partial charge in [-0.05, 0) is 45.4 Å². The van der Waals surface area contributed by atoms with Gasteiger partial charge in [0.05, 0.1) is 19.1 Å². The van der Waals surface area contributed by atoms with Crippen LogP contribution in [0.3, 0.4) is 0 Å². The molecule has 0 N–H and O–H groups in total. The third-order valence-corrected chi connectivity index (χ3v) is 3.38. The van der Waals surface area contributed by atoms with Crippen LogP contribution in [0.25, 0.3) is 0 Å². The molecular formula is C11H7BrF3NO2S. The van der Waals surface area contributed by atoms with E-state index in [-0.39, 0.29) is 38.7 Å². The summed E-state index contributed by atoms with van der Waals surface area (Å²) in [6, 6.07) is 4.20. The molecule has 0 fully saturated rings. The van der Waals surface area contributed by atoms with Crippen molar-refractivity contribution < 1.29 is 22.7 Å². The third kappa shape index (κ3) is 4.76. The number of alkyl halides is 3. The van der Waals surface area contributed by atoms with Crippen LogP contribution in [0.1, 0.15) is 11.1 Å². The number of carbonyl (C=O) groups is 1. The zero-order valence-corrected chi connectivity index (χ0v) is 11.9. The minimum atomic E-state index is -4.43. The van der Waals surface area contributed by atoms with Gasteiger partial charge < -0.3 is 4.74 Å². The molecule has 1 aromatic carbocycles. The summed E-state index contributed by atoms with van der Waals surface area (Å²) in [6.45, 7) is 0. The van der Waals surface area contributed by atoms with Crippen LogP contribution in [-0.2, 0) is 16.0 Å². The Hall–Kier alpha value is -1.20. The minimum Gasteiger partial charge on any atom is -0.469 e. The molecule has 0 saturated carbocycles. The van der Waals surface area contributed by atoms with Crippen molar-refractivity contribution in [3.63, 3.8) is 0 Å². The maximum atomic E-state index is 12.3. The number of esters is 1. The Morgan fingerprint density at radius 1 is 1.53 bits per heavy atom. The topological polar surface area (TPSA) is 50.1 Å². The molecule has 0 radical (unpaired) electrons. The Morgan fingerprint density at radius 3 is 2.63 bits per heavy atom. The maximum absolute atomic E-state index is 12.3. The van der Waals surface area contributed by atoms with Crippen molar-refractivity contribution in [2.45, 2.75) is 16.8 Å². The van der Waals surface area contributed by atoms with Gasteiger partial charge in [-0.2, -0.15) is 18.4 Å².